The number of rotatable bonds is 3. The van der Waals surface area contributed by atoms with Crippen molar-refractivity contribution in [2.24, 2.45) is 10.2 Å². The summed E-state index contributed by atoms with van der Waals surface area (Å²) in [5.74, 6) is -0.230. The number of azo groups is 1. The summed E-state index contributed by atoms with van der Waals surface area (Å²) in [6.07, 6.45) is 0. The molecule has 0 spiro atoms. The van der Waals surface area contributed by atoms with Crippen LogP contribution in [0.25, 0.3) is 21.5 Å². The van der Waals surface area contributed by atoms with Crippen LogP contribution < -0.4 is 34.7 Å². The molecule has 1 N–H and O–H groups in total. The van der Waals surface area contributed by atoms with Crippen molar-refractivity contribution in [3.05, 3.63) is 72.8 Å². The van der Waals surface area contributed by atoms with E-state index in [9.17, 15) is 18.1 Å². The summed E-state index contributed by atoms with van der Waals surface area (Å²) in [5.41, 5.74) is 0.737. The van der Waals surface area contributed by atoms with Crippen LogP contribution in [0.1, 0.15) is 0 Å². The van der Waals surface area contributed by atoms with E-state index in [1.807, 2.05) is 24.3 Å². The smallest absolute Gasteiger partial charge is 0.871 e. The van der Waals surface area contributed by atoms with Gasteiger partial charge >= 0.3 is 29.6 Å². The fourth-order valence-corrected chi connectivity index (χ4v) is 3.45. The summed E-state index contributed by atoms with van der Waals surface area (Å²) in [6, 6.07) is 19.9. The van der Waals surface area contributed by atoms with Crippen molar-refractivity contribution in [3.8, 4) is 5.75 Å². The molecular formula is C20H13N2NaO4S. The van der Waals surface area contributed by atoms with Gasteiger partial charge in [-0.25, -0.2) is 0 Å². The maximum Gasteiger partial charge on any atom is 1.00 e. The molecule has 0 aliphatic rings. The minimum Gasteiger partial charge on any atom is -0.871 e. The monoisotopic (exact) mass is 400 g/mol. The van der Waals surface area contributed by atoms with E-state index in [0.717, 1.165) is 5.39 Å². The second-order valence-corrected chi connectivity index (χ2v) is 7.39. The van der Waals surface area contributed by atoms with Crippen LogP contribution in [0.5, 0.6) is 5.75 Å². The predicted molar refractivity (Wildman–Crippen MR) is 101 cm³/mol. The van der Waals surface area contributed by atoms with E-state index in [0.29, 0.717) is 21.8 Å². The van der Waals surface area contributed by atoms with E-state index in [-0.39, 0.29) is 45.9 Å². The summed E-state index contributed by atoms with van der Waals surface area (Å²) in [5, 5.41) is 23.5. The van der Waals surface area contributed by atoms with Crippen molar-refractivity contribution < 1.29 is 47.6 Å². The van der Waals surface area contributed by atoms with Gasteiger partial charge < -0.3 is 5.11 Å². The van der Waals surface area contributed by atoms with E-state index in [1.54, 1.807) is 30.3 Å². The van der Waals surface area contributed by atoms with Gasteiger partial charge in [0.1, 0.15) is 0 Å². The zero-order valence-electron chi connectivity index (χ0n) is 14.9. The third-order valence-electron chi connectivity index (χ3n) is 4.25. The molecule has 0 aliphatic carbocycles. The zero-order valence-corrected chi connectivity index (χ0v) is 17.7. The Morgan fingerprint density at radius 1 is 0.786 bits per heavy atom. The first-order valence-electron chi connectivity index (χ1n) is 8.04. The molecule has 0 bridgehead atoms. The molecule has 8 heteroatoms. The van der Waals surface area contributed by atoms with Crippen molar-refractivity contribution in [1.29, 1.82) is 0 Å². The van der Waals surface area contributed by atoms with Crippen LogP contribution >= 0.6 is 0 Å². The van der Waals surface area contributed by atoms with Gasteiger partial charge in [-0.3, -0.25) is 4.55 Å². The largest absolute Gasteiger partial charge is 1.00 e. The molecule has 0 atom stereocenters. The van der Waals surface area contributed by atoms with Gasteiger partial charge in [0, 0.05) is 10.8 Å². The quantitative estimate of drug-likeness (QED) is 0.321. The first-order valence-corrected chi connectivity index (χ1v) is 9.48. The van der Waals surface area contributed by atoms with Gasteiger partial charge in [-0.2, -0.15) is 13.5 Å². The molecule has 0 aromatic heterocycles. The molecule has 4 aromatic carbocycles. The summed E-state index contributed by atoms with van der Waals surface area (Å²) >= 11 is 0. The van der Waals surface area contributed by atoms with Gasteiger partial charge in [-0.1, -0.05) is 60.3 Å². The van der Waals surface area contributed by atoms with E-state index < -0.39 is 10.1 Å². The van der Waals surface area contributed by atoms with Crippen molar-refractivity contribution in [2.75, 3.05) is 0 Å². The molecule has 0 fully saturated rings. The molecule has 0 aliphatic heterocycles. The van der Waals surface area contributed by atoms with E-state index in [1.165, 1.54) is 18.2 Å². The maximum absolute atomic E-state index is 12.2. The number of hydrogen-bond donors (Lipinski definition) is 1. The molecule has 0 heterocycles. The average Bonchev–Trinajstić information content (AvgIpc) is 2.66. The summed E-state index contributed by atoms with van der Waals surface area (Å²) in [7, 11) is -4.29. The fourth-order valence-electron chi connectivity index (χ4n) is 2.93. The van der Waals surface area contributed by atoms with Gasteiger partial charge in [0.25, 0.3) is 10.1 Å². The standard InChI is InChI=1S/C20H14N2O4S.Na/c23-19-11-8-13-4-1-2-6-17(13)20(19)22-21-18-7-3-5-14-12-15(27(24,25)26)9-10-16(14)18;/h1-12,23H,(H,24,25,26);/q;+1/p-1. The topological polar surface area (TPSA) is 102 Å². The predicted octanol–water partition coefficient (Wildman–Crippen LogP) is 1.73. The summed E-state index contributed by atoms with van der Waals surface area (Å²) in [4.78, 5) is -0.194. The van der Waals surface area contributed by atoms with Crippen molar-refractivity contribution >= 4 is 43.0 Å². The SMILES string of the molecule is O=S(=O)(O)c1ccc2c(N=Nc3c([O-])ccc4ccccc34)cccc2c1.[Na+]. The summed E-state index contributed by atoms with van der Waals surface area (Å²) < 4.78 is 31.8. The van der Waals surface area contributed by atoms with Crippen LogP contribution in [0.3, 0.4) is 0 Å². The molecule has 0 unspecified atom stereocenters. The van der Waals surface area contributed by atoms with E-state index >= 15 is 0 Å². The van der Waals surface area contributed by atoms with Gasteiger partial charge in [0.05, 0.1) is 16.3 Å². The molecule has 0 radical (unpaired) electrons. The summed E-state index contributed by atoms with van der Waals surface area (Å²) in [6.45, 7) is 0. The Kier molecular flexibility index (Phi) is 5.83. The molecular weight excluding hydrogens is 387 g/mol. The third kappa shape index (κ3) is 3.94. The Labute approximate surface area is 183 Å². The Bertz CT molecular complexity index is 1320. The van der Waals surface area contributed by atoms with Crippen LogP contribution in [0.2, 0.25) is 0 Å². The normalized spacial score (nSPS) is 11.8. The molecule has 0 amide bonds. The van der Waals surface area contributed by atoms with Gasteiger partial charge in [0.15, 0.2) is 0 Å². The Balaban J connectivity index is 0.00000225. The van der Waals surface area contributed by atoms with Crippen LogP contribution in [-0.4, -0.2) is 13.0 Å². The van der Waals surface area contributed by atoms with E-state index in [2.05, 4.69) is 10.2 Å². The van der Waals surface area contributed by atoms with Crippen molar-refractivity contribution in [2.45, 2.75) is 4.90 Å². The second kappa shape index (κ2) is 7.98. The van der Waals surface area contributed by atoms with Crippen LogP contribution in [0.15, 0.2) is 87.9 Å². The van der Waals surface area contributed by atoms with Crippen molar-refractivity contribution in [1.82, 2.24) is 0 Å². The molecule has 4 aromatic rings. The van der Waals surface area contributed by atoms with Crippen LogP contribution in [-0.2, 0) is 10.1 Å². The van der Waals surface area contributed by atoms with Gasteiger partial charge in [-0.05, 0) is 29.0 Å². The zero-order chi connectivity index (χ0) is 19.0. The van der Waals surface area contributed by atoms with Gasteiger partial charge in [0.2, 0.25) is 0 Å². The molecule has 134 valence electrons. The Hall–Kier alpha value is -2.29. The number of benzene rings is 4. The minimum absolute atomic E-state index is 0. The van der Waals surface area contributed by atoms with Crippen molar-refractivity contribution in [3.63, 3.8) is 0 Å². The molecule has 0 saturated heterocycles. The maximum atomic E-state index is 12.2. The fraction of sp³-hybridized carbons (Fsp3) is 0. The third-order valence-corrected chi connectivity index (χ3v) is 5.10. The van der Waals surface area contributed by atoms with Crippen LogP contribution in [0, 0.1) is 0 Å². The van der Waals surface area contributed by atoms with E-state index in [4.69, 9.17) is 0 Å². The molecule has 0 saturated carbocycles. The number of nitrogens with zero attached hydrogens (tertiary/aromatic N) is 2. The first kappa shape index (κ1) is 20.4. The van der Waals surface area contributed by atoms with Crippen LogP contribution in [0.4, 0.5) is 11.4 Å². The van der Waals surface area contributed by atoms with Gasteiger partial charge in [-0.15, -0.1) is 5.11 Å². The average molecular weight is 400 g/mol. The second-order valence-electron chi connectivity index (χ2n) is 5.97. The minimum atomic E-state index is -4.29. The number of fused-ring (bicyclic) bond motifs is 2. The number of hydrogen-bond acceptors (Lipinski definition) is 5. The molecule has 4 rings (SSSR count). The Morgan fingerprint density at radius 2 is 1.54 bits per heavy atom. The Morgan fingerprint density at radius 3 is 2.32 bits per heavy atom. The molecule has 28 heavy (non-hydrogen) atoms. The molecule has 6 nitrogen and oxygen atoms in total. The first-order chi connectivity index (χ1) is 12.9.